The van der Waals surface area contributed by atoms with Crippen LogP contribution < -0.4 is 5.32 Å². The summed E-state index contributed by atoms with van der Waals surface area (Å²) in [6, 6.07) is 0. The molecular weight excluding hydrogens is 224 g/mol. The third kappa shape index (κ3) is 2.80. The molecule has 1 aliphatic carbocycles. The fraction of sp³-hybridized carbons (Fsp3) is 0.636. The molecule has 0 spiro atoms. The standard InChI is InChI=1S/C11H16N2O2S/c14-10-4-2-1-3-8(10)5-12-11(15)9-6-16-7-13-9/h6-8,10,14H,1-5H2,(H,12,15). The first-order valence-electron chi connectivity index (χ1n) is 5.62. The molecule has 1 amide bonds. The molecule has 0 radical (unpaired) electrons. The van der Waals surface area contributed by atoms with Gasteiger partial charge in [0.1, 0.15) is 5.69 Å². The number of rotatable bonds is 3. The molecule has 0 saturated heterocycles. The number of carbonyl (C=O) groups is 1. The minimum absolute atomic E-state index is 0.140. The van der Waals surface area contributed by atoms with E-state index in [1.807, 2.05) is 0 Å². The maximum Gasteiger partial charge on any atom is 0.270 e. The Morgan fingerprint density at radius 3 is 3.06 bits per heavy atom. The molecule has 16 heavy (non-hydrogen) atoms. The van der Waals surface area contributed by atoms with Crippen molar-refractivity contribution in [2.45, 2.75) is 31.8 Å². The highest BCUT2D eigenvalue weighted by Crippen LogP contribution is 2.23. The van der Waals surface area contributed by atoms with Crippen LogP contribution in [0.5, 0.6) is 0 Å². The van der Waals surface area contributed by atoms with Gasteiger partial charge < -0.3 is 10.4 Å². The summed E-state index contributed by atoms with van der Waals surface area (Å²) in [7, 11) is 0. The Labute approximate surface area is 98.7 Å². The van der Waals surface area contributed by atoms with E-state index in [4.69, 9.17) is 0 Å². The van der Waals surface area contributed by atoms with E-state index in [1.54, 1.807) is 10.9 Å². The number of nitrogens with one attached hydrogen (secondary N) is 1. The van der Waals surface area contributed by atoms with Gasteiger partial charge in [0.2, 0.25) is 0 Å². The van der Waals surface area contributed by atoms with Crippen LogP contribution in [0.25, 0.3) is 0 Å². The van der Waals surface area contributed by atoms with Gasteiger partial charge in [0.15, 0.2) is 0 Å². The van der Waals surface area contributed by atoms with Gasteiger partial charge in [-0.15, -0.1) is 11.3 Å². The van der Waals surface area contributed by atoms with Crippen LogP contribution in [0.4, 0.5) is 0 Å². The number of carbonyl (C=O) groups excluding carboxylic acids is 1. The number of aliphatic hydroxyl groups excluding tert-OH is 1. The van der Waals surface area contributed by atoms with Crippen LogP contribution >= 0.6 is 11.3 Å². The van der Waals surface area contributed by atoms with Crippen LogP contribution in [-0.2, 0) is 0 Å². The lowest BCUT2D eigenvalue weighted by Gasteiger charge is -2.27. The molecule has 1 saturated carbocycles. The van der Waals surface area contributed by atoms with Gasteiger partial charge in [-0.3, -0.25) is 4.79 Å². The molecule has 1 aliphatic rings. The number of hydrogen-bond acceptors (Lipinski definition) is 4. The Bertz CT molecular complexity index is 340. The first-order chi connectivity index (χ1) is 7.77. The van der Waals surface area contributed by atoms with Crippen molar-refractivity contribution in [2.24, 2.45) is 5.92 Å². The van der Waals surface area contributed by atoms with Crippen LogP contribution in [0, 0.1) is 5.92 Å². The summed E-state index contributed by atoms with van der Waals surface area (Å²) < 4.78 is 0. The van der Waals surface area contributed by atoms with Gasteiger partial charge in [-0.05, 0) is 12.8 Å². The molecule has 0 bridgehead atoms. The molecule has 1 fully saturated rings. The van der Waals surface area contributed by atoms with E-state index in [9.17, 15) is 9.90 Å². The maximum absolute atomic E-state index is 11.6. The van der Waals surface area contributed by atoms with Gasteiger partial charge >= 0.3 is 0 Å². The zero-order valence-corrected chi connectivity index (χ0v) is 9.87. The zero-order valence-electron chi connectivity index (χ0n) is 9.06. The maximum atomic E-state index is 11.6. The normalized spacial score (nSPS) is 25.3. The first-order valence-corrected chi connectivity index (χ1v) is 6.56. The van der Waals surface area contributed by atoms with Gasteiger partial charge in [-0.25, -0.2) is 4.98 Å². The van der Waals surface area contributed by atoms with Crippen molar-refractivity contribution in [2.75, 3.05) is 6.54 Å². The number of nitrogens with zero attached hydrogens (tertiary/aromatic N) is 1. The summed E-state index contributed by atoms with van der Waals surface area (Å²) in [4.78, 5) is 15.5. The highest BCUT2D eigenvalue weighted by molar-refractivity contribution is 7.07. The van der Waals surface area contributed by atoms with E-state index < -0.39 is 0 Å². The van der Waals surface area contributed by atoms with Crippen LogP contribution in [0.15, 0.2) is 10.9 Å². The number of aliphatic hydroxyl groups is 1. The van der Waals surface area contributed by atoms with Crippen molar-refractivity contribution in [3.63, 3.8) is 0 Å². The second kappa shape index (κ2) is 5.41. The predicted molar refractivity (Wildman–Crippen MR) is 62.4 cm³/mol. The smallest absolute Gasteiger partial charge is 0.270 e. The molecule has 1 aromatic heterocycles. The van der Waals surface area contributed by atoms with E-state index in [-0.39, 0.29) is 17.9 Å². The Kier molecular flexibility index (Phi) is 3.90. The average molecular weight is 240 g/mol. The molecule has 2 N–H and O–H groups in total. The number of hydrogen-bond donors (Lipinski definition) is 2. The number of thiazole rings is 1. The fourth-order valence-electron chi connectivity index (χ4n) is 2.07. The SMILES string of the molecule is O=C(NCC1CCCCC1O)c1cscn1. The minimum atomic E-state index is -0.260. The molecule has 88 valence electrons. The van der Waals surface area contributed by atoms with Crippen molar-refractivity contribution in [3.8, 4) is 0 Å². The molecule has 2 rings (SSSR count). The van der Waals surface area contributed by atoms with Crippen LogP contribution in [0.3, 0.4) is 0 Å². The van der Waals surface area contributed by atoms with Crippen molar-refractivity contribution >= 4 is 17.2 Å². The zero-order chi connectivity index (χ0) is 11.4. The summed E-state index contributed by atoms with van der Waals surface area (Å²) in [5.41, 5.74) is 2.11. The van der Waals surface area contributed by atoms with Crippen molar-refractivity contribution < 1.29 is 9.90 Å². The van der Waals surface area contributed by atoms with Gasteiger partial charge in [0, 0.05) is 17.8 Å². The van der Waals surface area contributed by atoms with E-state index in [0.29, 0.717) is 12.2 Å². The second-order valence-corrected chi connectivity index (χ2v) is 4.91. The lowest BCUT2D eigenvalue weighted by atomic mass is 9.86. The quantitative estimate of drug-likeness (QED) is 0.840. The third-order valence-electron chi connectivity index (χ3n) is 3.06. The highest BCUT2D eigenvalue weighted by Gasteiger charge is 2.23. The van der Waals surface area contributed by atoms with Gasteiger partial charge in [0.05, 0.1) is 11.6 Å². The molecule has 1 heterocycles. The van der Waals surface area contributed by atoms with E-state index in [0.717, 1.165) is 25.7 Å². The van der Waals surface area contributed by atoms with E-state index in [1.165, 1.54) is 11.3 Å². The summed E-state index contributed by atoms with van der Waals surface area (Å²) in [6.07, 6.45) is 3.84. The number of amides is 1. The summed E-state index contributed by atoms with van der Waals surface area (Å²) >= 11 is 1.41. The van der Waals surface area contributed by atoms with Gasteiger partial charge in [-0.2, -0.15) is 0 Å². The van der Waals surface area contributed by atoms with Crippen LogP contribution in [0.1, 0.15) is 36.2 Å². The Morgan fingerprint density at radius 2 is 2.38 bits per heavy atom. The molecule has 2 atom stereocenters. The fourth-order valence-corrected chi connectivity index (χ4v) is 2.60. The predicted octanol–water partition coefficient (Wildman–Crippen LogP) is 1.42. The Morgan fingerprint density at radius 1 is 1.56 bits per heavy atom. The molecule has 5 heteroatoms. The van der Waals surface area contributed by atoms with E-state index in [2.05, 4.69) is 10.3 Å². The third-order valence-corrected chi connectivity index (χ3v) is 3.65. The topological polar surface area (TPSA) is 62.2 Å². The molecule has 2 unspecified atom stereocenters. The Hall–Kier alpha value is -0.940. The molecule has 1 aromatic rings. The lowest BCUT2D eigenvalue weighted by molar-refractivity contribution is 0.0662. The van der Waals surface area contributed by atoms with Crippen molar-refractivity contribution in [3.05, 3.63) is 16.6 Å². The molecule has 4 nitrogen and oxygen atoms in total. The molecular formula is C11H16N2O2S. The van der Waals surface area contributed by atoms with E-state index >= 15 is 0 Å². The van der Waals surface area contributed by atoms with Crippen molar-refractivity contribution in [1.82, 2.24) is 10.3 Å². The average Bonchev–Trinajstić information content (AvgIpc) is 2.81. The molecule has 0 aliphatic heterocycles. The second-order valence-electron chi connectivity index (χ2n) is 4.20. The lowest BCUT2D eigenvalue weighted by Crippen LogP contribution is -2.36. The summed E-state index contributed by atoms with van der Waals surface area (Å²) in [5.74, 6) is 0.0651. The van der Waals surface area contributed by atoms with Crippen LogP contribution in [-0.4, -0.2) is 28.6 Å². The number of aromatic nitrogens is 1. The summed E-state index contributed by atoms with van der Waals surface area (Å²) in [5, 5.41) is 14.3. The van der Waals surface area contributed by atoms with Gasteiger partial charge in [-0.1, -0.05) is 12.8 Å². The van der Waals surface area contributed by atoms with Gasteiger partial charge in [0.25, 0.3) is 5.91 Å². The highest BCUT2D eigenvalue weighted by atomic mass is 32.1. The monoisotopic (exact) mass is 240 g/mol. The largest absolute Gasteiger partial charge is 0.393 e. The summed E-state index contributed by atoms with van der Waals surface area (Å²) in [6.45, 7) is 0.553. The molecule has 0 aromatic carbocycles. The first kappa shape index (κ1) is 11.5. The Balaban J connectivity index is 1.80. The van der Waals surface area contributed by atoms with Crippen LogP contribution in [0.2, 0.25) is 0 Å². The van der Waals surface area contributed by atoms with Crippen molar-refractivity contribution in [1.29, 1.82) is 0 Å². The minimum Gasteiger partial charge on any atom is -0.393 e.